The maximum atomic E-state index is 13.7. The number of guanidine groups is 1. The van der Waals surface area contributed by atoms with Crippen LogP contribution in [0.4, 0.5) is 0 Å². The molecule has 2 aromatic rings. The number of carboxylic acids is 1. The van der Waals surface area contributed by atoms with Crippen molar-refractivity contribution in [1.29, 1.82) is 0 Å². The van der Waals surface area contributed by atoms with Crippen molar-refractivity contribution >= 4 is 60.0 Å². The van der Waals surface area contributed by atoms with Gasteiger partial charge < -0.3 is 74.4 Å². The number of nitrogens with zero attached hydrogens (tertiary/aromatic N) is 3. The van der Waals surface area contributed by atoms with Crippen LogP contribution in [0.25, 0.3) is 0 Å². The second-order valence-corrected chi connectivity index (χ2v) is 12.9. The topological polar surface area (TPSA) is 400 Å². The summed E-state index contributed by atoms with van der Waals surface area (Å²) in [7, 11) is 0. The molecule has 2 aromatic heterocycles. The van der Waals surface area contributed by atoms with E-state index in [4.69, 9.17) is 17.2 Å². The molecule has 0 fully saturated rings. The molecule has 310 valence electrons. The van der Waals surface area contributed by atoms with E-state index in [0.717, 1.165) is 6.92 Å². The molecule has 0 spiro atoms. The minimum absolute atomic E-state index is 0.0196. The van der Waals surface area contributed by atoms with Gasteiger partial charge in [-0.15, -0.1) is 0 Å². The lowest BCUT2D eigenvalue weighted by Gasteiger charge is -2.28. The fraction of sp³-hybridized carbons (Fsp3) is 0.548. The van der Waals surface area contributed by atoms with Crippen LogP contribution in [-0.2, 0) is 46.4 Å². The Morgan fingerprint density at radius 1 is 0.768 bits per heavy atom. The number of aliphatic carboxylic acids is 1. The number of carbonyl (C=O) groups excluding carboxylic acids is 6. The molecule has 0 saturated heterocycles. The molecule has 0 saturated carbocycles. The molecule has 17 N–H and O–H groups in total. The van der Waals surface area contributed by atoms with Gasteiger partial charge >= 0.3 is 5.97 Å². The van der Waals surface area contributed by atoms with E-state index < -0.39 is 96.4 Å². The van der Waals surface area contributed by atoms with E-state index in [9.17, 15) is 48.9 Å². The molecule has 24 nitrogen and oxygen atoms in total. The number of rotatable bonds is 24. The van der Waals surface area contributed by atoms with Crippen LogP contribution in [0.2, 0.25) is 0 Å². The highest BCUT2D eigenvalue weighted by atomic mass is 32.1. The average Bonchev–Trinajstić information content (AvgIpc) is 3.86. The van der Waals surface area contributed by atoms with E-state index in [2.05, 4.69) is 69.5 Å². The lowest BCUT2D eigenvalue weighted by atomic mass is 10.1. The second kappa shape index (κ2) is 23.2. The van der Waals surface area contributed by atoms with Gasteiger partial charge in [-0.3, -0.25) is 33.8 Å². The van der Waals surface area contributed by atoms with E-state index >= 15 is 0 Å². The predicted molar refractivity (Wildman–Crippen MR) is 200 cm³/mol. The van der Waals surface area contributed by atoms with Crippen molar-refractivity contribution in [2.75, 3.05) is 18.9 Å². The van der Waals surface area contributed by atoms with Gasteiger partial charge in [0.1, 0.15) is 36.3 Å². The number of H-pyrrole nitrogens is 2. The Bertz CT molecular complexity index is 1640. The van der Waals surface area contributed by atoms with Crippen LogP contribution in [0.1, 0.15) is 38.1 Å². The molecule has 0 radical (unpaired) electrons. The van der Waals surface area contributed by atoms with Crippen molar-refractivity contribution in [3.05, 3.63) is 36.4 Å². The summed E-state index contributed by atoms with van der Waals surface area (Å²) >= 11 is 3.94. The summed E-state index contributed by atoms with van der Waals surface area (Å²) in [6.07, 6.45) is 3.89. The third-order valence-electron chi connectivity index (χ3n) is 7.95. The van der Waals surface area contributed by atoms with Crippen LogP contribution >= 0.6 is 12.6 Å². The van der Waals surface area contributed by atoms with E-state index in [-0.39, 0.29) is 43.9 Å². The minimum atomic E-state index is -1.75. The summed E-state index contributed by atoms with van der Waals surface area (Å²) in [6.45, 7) is 1.52. The SMILES string of the molecule is C[C@H](NC(=O)[C@@H](N)Cc1cnc[nH]1)C(=O)N[C@@H](CO)C(=O)N[C@H](C(=O)N[C@@H](CCCN=C(N)N)C(=O)N[C@@H](Cc1cnc[nH]1)C(=O)N[C@@H](CS)C(=O)O)[C@@H](C)O. The molecule has 0 aliphatic carbocycles. The molecule has 2 rings (SSSR count). The monoisotopic (exact) mass is 810 g/mol. The van der Waals surface area contributed by atoms with Crippen molar-refractivity contribution in [1.82, 2.24) is 51.8 Å². The van der Waals surface area contributed by atoms with Crippen LogP contribution in [0.3, 0.4) is 0 Å². The van der Waals surface area contributed by atoms with Gasteiger partial charge in [-0.05, 0) is 26.7 Å². The number of nitrogens with two attached hydrogens (primary N) is 3. The van der Waals surface area contributed by atoms with Crippen LogP contribution in [0, 0.1) is 0 Å². The van der Waals surface area contributed by atoms with Gasteiger partial charge in [-0.1, -0.05) is 0 Å². The number of aliphatic hydroxyl groups is 2. The first-order chi connectivity index (χ1) is 26.5. The number of imidazole rings is 2. The maximum absolute atomic E-state index is 13.7. The highest BCUT2D eigenvalue weighted by Gasteiger charge is 2.34. The van der Waals surface area contributed by atoms with Gasteiger partial charge in [0.25, 0.3) is 0 Å². The summed E-state index contributed by atoms with van der Waals surface area (Å²) in [6, 6.07) is -9.92. The van der Waals surface area contributed by atoms with Crippen LogP contribution in [0.15, 0.2) is 30.0 Å². The molecule has 56 heavy (non-hydrogen) atoms. The third kappa shape index (κ3) is 15.5. The largest absolute Gasteiger partial charge is 0.480 e. The smallest absolute Gasteiger partial charge is 0.327 e. The first-order valence-corrected chi connectivity index (χ1v) is 17.8. The number of hydrogen-bond acceptors (Lipinski definition) is 14. The number of nitrogens with one attached hydrogen (secondary N) is 8. The molecule has 25 heteroatoms. The lowest BCUT2D eigenvalue weighted by molar-refractivity contribution is -0.141. The zero-order valence-electron chi connectivity index (χ0n) is 30.6. The Hall–Kier alpha value is -5.79. The molecular formula is C31H50N14O10S. The second-order valence-electron chi connectivity index (χ2n) is 12.5. The Morgan fingerprint density at radius 2 is 1.30 bits per heavy atom. The molecule has 0 aliphatic rings. The van der Waals surface area contributed by atoms with Crippen molar-refractivity contribution in [2.45, 2.75) is 87.9 Å². The summed E-state index contributed by atoms with van der Waals surface area (Å²) in [5.74, 6) is -7.47. The van der Waals surface area contributed by atoms with Gasteiger partial charge in [0.05, 0.1) is 31.4 Å². The number of carbonyl (C=O) groups is 7. The Labute approximate surface area is 325 Å². The molecule has 2 heterocycles. The third-order valence-corrected chi connectivity index (χ3v) is 8.31. The molecule has 0 aromatic carbocycles. The predicted octanol–water partition coefficient (Wildman–Crippen LogP) is -6.38. The number of aromatic amines is 2. The van der Waals surface area contributed by atoms with Gasteiger partial charge in [-0.25, -0.2) is 14.8 Å². The minimum Gasteiger partial charge on any atom is -0.480 e. The molecule has 0 unspecified atom stereocenters. The summed E-state index contributed by atoms with van der Waals surface area (Å²) in [4.78, 5) is 108. The Morgan fingerprint density at radius 3 is 1.82 bits per heavy atom. The fourth-order valence-corrected chi connectivity index (χ4v) is 5.10. The molecule has 8 atom stereocenters. The van der Waals surface area contributed by atoms with Crippen LogP contribution in [0.5, 0.6) is 0 Å². The van der Waals surface area contributed by atoms with Crippen LogP contribution in [-0.4, -0.2) is 150 Å². The summed E-state index contributed by atoms with van der Waals surface area (Å²) in [5, 5.41) is 43.9. The van der Waals surface area contributed by atoms with E-state index in [1.54, 1.807) is 0 Å². The first-order valence-electron chi connectivity index (χ1n) is 17.2. The molecular weight excluding hydrogens is 760 g/mol. The summed E-state index contributed by atoms with van der Waals surface area (Å²) < 4.78 is 0. The highest BCUT2D eigenvalue weighted by molar-refractivity contribution is 7.80. The fourth-order valence-electron chi connectivity index (χ4n) is 4.85. The number of amides is 6. The van der Waals surface area contributed by atoms with E-state index in [0.29, 0.717) is 11.4 Å². The van der Waals surface area contributed by atoms with Gasteiger partial charge in [0, 0.05) is 48.9 Å². The van der Waals surface area contributed by atoms with Gasteiger partial charge in [-0.2, -0.15) is 12.6 Å². The van der Waals surface area contributed by atoms with Crippen LogP contribution < -0.4 is 49.1 Å². The number of aromatic nitrogens is 4. The number of aliphatic imine (C=N–C) groups is 1. The van der Waals surface area contributed by atoms with E-state index in [1.807, 2.05) is 0 Å². The Kier molecular flexibility index (Phi) is 19.2. The van der Waals surface area contributed by atoms with Gasteiger partial charge in [0.2, 0.25) is 35.4 Å². The van der Waals surface area contributed by atoms with Crippen molar-refractivity contribution in [2.24, 2.45) is 22.2 Å². The molecule has 6 amide bonds. The normalized spacial score (nSPS) is 15.2. The number of aliphatic hydroxyl groups excluding tert-OH is 2. The zero-order valence-corrected chi connectivity index (χ0v) is 31.5. The molecule has 0 aliphatic heterocycles. The Balaban J connectivity index is 2.19. The first kappa shape index (κ1) is 46.4. The number of thiol groups is 1. The van der Waals surface area contributed by atoms with E-state index in [1.165, 1.54) is 32.0 Å². The maximum Gasteiger partial charge on any atom is 0.327 e. The number of carboxylic acid groups (broad SMARTS) is 1. The standard InChI is InChI=1S/C31H50N14O10S/c1-14(40-25(49)18(32)6-16-8-35-12-38-16)24(48)43-21(10-46)28(52)45-23(15(2)47)29(53)41-19(4-3-5-37-31(33)34)26(50)42-20(7-17-9-36-13-39-17)27(51)44-22(11-56)30(54)55/h8-9,12-15,18-23,46-47,56H,3-7,10-11,32H2,1-2H3,(H,35,38)(H,36,39)(H,40,49)(H,41,53)(H,42,50)(H,43,48)(H,44,51)(H,45,52)(H,54,55)(H4,33,34,37)/t14-,15+,18-,19-,20-,21-,22-,23-/m0/s1. The number of hydrogen-bond donors (Lipinski definition) is 15. The van der Waals surface area contributed by atoms with Crippen molar-refractivity contribution in [3.8, 4) is 0 Å². The van der Waals surface area contributed by atoms with Crippen molar-refractivity contribution < 1.29 is 48.9 Å². The zero-order chi connectivity index (χ0) is 41.9. The lowest BCUT2D eigenvalue weighted by Crippen LogP contribution is -2.62. The molecule has 0 bridgehead atoms. The average molecular weight is 811 g/mol. The quantitative estimate of drug-likeness (QED) is 0.0203. The summed E-state index contributed by atoms with van der Waals surface area (Å²) in [5.41, 5.74) is 17.6. The van der Waals surface area contributed by atoms with Crippen molar-refractivity contribution in [3.63, 3.8) is 0 Å². The highest BCUT2D eigenvalue weighted by Crippen LogP contribution is 2.06. The van der Waals surface area contributed by atoms with Gasteiger partial charge in [0.15, 0.2) is 5.96 Å².